The van der Waals surface area contributed by atoms with E-state index in [2.05, 4.69) is 12.2 Å². The van der Waals surface area contributed by atoms with Gasteiger partial charge >= 0.3 is 0 Å². The maximum absolute atomic E-state index is 12.2. The molecule has 0 saturated carbocycles. The van der Waals surface area contributed by atoms with Gasteiger partial charge in [-0.25, -0.2) is 0 Å². The minimum atomic E-state index is -0.131. The Morgan fingerprint density at radius 2 is 1.76 bits per heavy atom. The molecule has 0 bridgehead atoms. The number of anilines is 2. The third-order valence-corrected chi connectivity index (χ3v) is 3.49. The van der Waals surface area contributed by atoms with E-state index in [1.165, 1.54) is 24.8 Å². The number of hydrogen-bond donors (Lipinski definition) is 2. The van der Waals surface area contributed by atoms with Crippen molar-refractivity contribution in [3.05, 3.63) is 59.7 Å². The summed E-state index contributed by atoms with van der Waals surface area (Å²) in [5.41, 5.74) is 8.97. The minimum absolute atomic E-state index is 0.131. The largest absolute Gasteiger partial charge is 0.397 e. The zero-order valence-electron chi connectivity index (χ0n) is 12.4. The van der Waals surface area contributed by atoms with Crippen molar-refractivity contribution in [2.75, 3.05) is 11.1 Å². The Morgan fingerprint density at radius 3 is 2.43 bits per heavy atom. The van der Waals surface area contributed by atoms with Crippen molar-refractivity contribution in [1.82, 2.24) is 0 Å². The molecule has 3 nitrogen and oxygen atoms in total. The molecule has 0 fully saturated rings. The molecule has 1 amide bonds. The van der Waals surface area contributed by atoms with Crippen LogP contribution in [-0.4, -0.2) is 5.91 Å². The lowest BCUT2D eigenvalue weighted by molar-refractivity contribution is 0.102. The average molecular weight is 282 g/mol. The first kappa shape index (κ1) is 15.1. The maximum Gasteiger partial charge on any atom is 0.255 e. The molecule has 0 heterocycles. The number of unbranched alkanes of at least 4 members (excludes halogenated alkanes) is 2. The molecule has 110 valence electrons. The molecule has 0 atom stereocenters. The Labute approximate surface area is 126 Å². The van der Waals surface area contributed by atoms with Gasteiger partial charge in [0.15, 0.2) is 0 Å². The first-order valence-electron chi connectivity index (χ1n) is 7.45. The lowest BCUT2D eigenvalue weighted by Gasteiger charge is -2.08. The lowest BCUT2D eigenvalue weighted by Crippen LogP contribution is -2.13. The number of nitrogens with one attached hydrogen (secondary N) is 1. The molecule has 0 saturated heterocycles. The van der Waals surface area contributed by atoms with Crippen molar-refractivity contribution in [2.45, 2.75) is 32.6 Å². The van der Waals surface area contributed by atoms with Gasteiger partial charge in [-0.3, -0.25) is 4.79 Å². The van der Waals surface area contributed by atoms with Gasteiger partial charge in [-0.05, 0) is 42.7 Å². The molecule has 0 aliphatic carbocycles. The maximum atomic E-state index is 12.2. The Balaban J connectivity index is 1.98. The quantitative estimate of drug-likeness (QED) is 0.614. The smallest absolute Gasteiger partial charge is 0.255 e. The summed E-state index contributed by atoms with van der Waals surface area (Å²) in [7, 11) is 0. The number of nitrogen functional groups attached to an aromatic ring is 1. The zero-order valence-corrected chi connectivity index (χ0v) is 12.4. The van der Waals surface area contributed by atoms with Crippen molar-refractivity contribution in [3.8, 4) is 0 Å². The van der Waals surface area contributed by atoms with Crippen LogP contribution in [0, 0.1) is 0 Å². The van der Waals surface area contributed by atoms with Crippen LogP contribution >= 0.6 is 0 Å². The molecule has 0 aliphatic heterocycles. The minimum Gasteiger partial charge on any atom is -0.397 e. The molecule has 3 heteroatoms. The van der Waals surface area contributed by atoms with Crippen LogP contribution in [0.15, 0.2) is 48.5 Å². The van der Waals surface area contributed by atoms with Gasteiger partial charge in [0.1, 0.15) is 0 Å². The first-order valence-corrected chi connectivity index (χ1v) is 7.45. The van der Waals surface area contributed by atoms with Gasteiger partial charge < -0.3 is 11.1 Å². The van der Waals surface area contributed by atoms with Gasteiger partial charge in [0.25, 0.3) is 5.91 Å². The van der Waals surface area contributed by atoms with Crippen molar-refractivity contribution < 1.29 is 4.79 Å². The van der Waals surface area contributed by atoms with Crippen molar-refractivity contribution in [3.63, 3.8) is 0 Å². The summed E-state index contributed by atoms with van der Waals surface area (Å²) in [6.07, 6.45) is 4.73. The molecule has 2 aromatic carbocycles. The third-order valence-electron chi connectivity index (χ3n) is 3.49. The van der Waals surface area contributed by atoms with Gasteiger partial charge in [-0.15, -0.1) is 0 Å². The second kappa shape index (κ2) is 7.48. The lowest BCUT2D eigenvalue weighted by atomic mass is 10.1. The van der Waals surface area contributed by atoms with Gasteiger partial charge in [-0.1, -0.05) is 44.0 Å². The second-order valence-corrected chi connectivity index (χ2v) is 5.20. The van der Waals surface area contributed by atoms with Crippen LogP contribution in [0.1, 0.15) is 42.1 Å². The molecular weight excluding hydrogens is 260 g/mol. The normalized spacial score (nSPS) is 10.3. The molecule has 0 aromatic heterocycles. The average Bonchev–Trinajstić information content (AvgIpc) is 2.50. The van der Waals surface area contributed by atoms with E-state index < -0.39 is 0 Å². The summed E-state index contributed by atoms with van der Waals surface area (Å²) in [5, 5.41) is 2.83. The summed E-state index contributed by atoms with van der Waals surface area (Å²) in [4.78, 5) is 12.2. The first-order chi connectivity index (χ1) is 10.2. The van der Waals surface area contributed by atoms with E-state index in [9.17, 15) is 4.79 Å². The van der Waals surface area contributed by atoms with E-state index >= 15 is 0 Å². The SMILES string of the molecule is CCCCCc1ccc(C(=O)Nc2ccccc2N)cc1. The Morgan fingerprint density at radius 1 is 1.05 bits per heavy atom. The highest BCUT2D eigenvalue weighted by molar-refractivity contribution is 6.05. The van der Waals surface area contributed by atoms with Gasteiger partial charge in [0.05, 0.1) is 11.4 Å². The van der Waals surface area contributed by atoms with Crippen LogP contribution < -0.4 is 11.1 Å². The van der Waals surface area contributed by atoms with Crippen LogP contribution in [0.3, 0.4) is 0 Å². The molecule has 3 N–H and O–H groups in total. The van der Waals surface area contributed by atoms with Crippen LogP contribution in [0.25, 0.3) is 0 Å². The van der Waals surface area contributed by atoms with E-state index in [4.69, 9.17) is 5.73 Å². The topological polar surface area (TPSA) is 55.1 Å². The Hall–Kier alpha value is -2.29. The molecule has 2 aromatic rings. The summed E-state index contributed by atoms with van der Waals surface area (Å²) >= 11 is 0. The highest BCUT2D eigenvalue weighted by atomic mass is 16.1. The number of carbonyl (C=O) groups is 1. The van der Waals surface area contributed by atoms with Gasteiger partial charge in [0, 0.05) is 5.56 Å². The van der Waals surface area contributed by atoms with E-state index in [0.29, 0.717) is 16.9 Å². The summed E-state index contributed by atoms with van der Waals surface area (Å²) in [6.45, 7) is 2.20. The third kappa shape index (κ3) is 4.35. The summed E-state index contributed by atoms with van der Waals surface area (Å²) in [5.74, 6) is -0.131. The molecule has 0 radical (unpaired) electrons. The molecule has 0 spiro atoms. The van der Waals surface area contributed by atoms with Crippen LogP contribution in [0.5, 0.6) is 0 Å². The standard InChI is InChI=1S/C18H22N2O/c1-2-3-4-7-14-10-12-15(13-11-14)18(21)20-17-9-6-5-8-16(17)19/h5-6,8-13H,2-4,7,19H2,1H3,(H,20,21). The molecule has 0 aliphatic rings. The summed E-state index contributed by atoms with van der Waals surface area (Å²) in [6, 6.07) is 15.1. The van der Waals surface area contributed by atoms with Gasteiger partial charge in [0.2, 0.25) is 0 Å². The molecular formula is C18H22N2O. The fraction of sp³-hybridized carbons (Fsp3) is 0.278. The number of amides is 1. The predicted molar refractivity (Wildman–Crippen MR) is 88.5 cm³/mol. The number of rotatable bonds is 6. The fourth-order valence-corrected chi connectivity index (χ4v) is 2.21. The van der Waals surface area contributed by atoms with Gasteiger partial charge in [-0.2, -0.15) is 0 Å². The second-order valence-electron chi connectivity index (χ2n) is 5.20. The predicted octanol–water partition coefficient (Wildman–Crippen LogP) is 4.25. The van der Waals surface area contributed by atoms with Crippen molar-refractivity contribution >= 4 is 17.3 Å². The monoisotopic (exact) mass is 282 g/mol. The van der Waals surface area contributed by atoms with Crippen molar-refractivity contribution in [1.29, 1.82) is 0 Å². The van der Waals surface area contributed by atoms with E-state index in [-0.39, 0.29) is 5.91 Å². The Bertz CT molecular complexity index is 590. The van der Waals surface area contributed by atoms with Crippen molar-refractivity contribution in [2.24, 2.45) is 0 Å². The number of hydrogen-bond acceptors (Lipinski definition) is 2. The van der Waals surface area contributed by atoms with Crippen LogP contribution in [0.4, 0.5) is 11.4 Å². The fourth-order valence-electron chi connectivity index (χ4n) is 2.21. The van der Waals surface area contributed by atoms with Crippen LogP contribution in [-0.2, 0) is 6.42 Å². The number of aryl methyl sites for hydroxylation is 1. The number of benzene rings is 2. The zero-order chi connectivity index (χ0) is 15.1. The highest BCUT2D eigenvalue weighted by Crippen LogP contribution is 2.18. The number of para-hydroxylation sites is 2. The molecule has 0 unspecified atom stereocenters. The van der Waals surface area contributed by atoms with E-state index in [1.54, 1.807) is 12.1 Å². The van der Waals surface area contributed by atoms with E-state index in [0.717, 1.165) is 6.42 Å². The highest BCUT2D eigenvalue weighted by Gasteiger charge is 2.07. The van der Waals surface area contributed by atoms with Crippen LogP contribution in [0.2, 0.25) is 0 Å². The Kier molecular flexibility index (Phi) is 5.38. The number of nitrogens with two attached hydrogens (primary N) is 1. The molecule has 2 rings (SSSR count). The molecule has 21 heavy (non-hydrogen) atoms. The number of carbonyl (C=O) groups excluding carboxylic acids is 1. The summed E-state index contributed by atoms with van der Waals surface area (Å²) < 4.78 is 0. The van der Waals surface area contributed by atoms with E-state index in [1.807, 2.05) is 36.4 Å².